The highest BCUT2D eigenvalue weighted by molar-refractivity contribution is 5.78. The summed E-state index contributed by atoms with van der Waals surface area (Å²) < 4.78 is 1.73. The van der Waals surface area contributed by atoms with Gasteiger partial charge in [-0.25, -0.2) is 4.98 Å². The van der Waals surface area contributed by atoms with E-state index in [0.717, 1.165) is 0 Å². The highest BCUT2D eigenvalue weighted by Gasteiger charge is 2.07. The molecule has 1 aromatic rings. The maximum atomic E-state index is 11.4. The van der Waals surface area contributed by atoms with Crippen LogP contribution >= 0.6 is 0 Å². The highest BCUT2D eigenvalue weighted by atomic mass is 16.1. The molecule has 0 aliphatic carbocycles. The molecule has 1 atom stereocenters. The second-order valence-corrected chi connectivity index (χ2v) is 4.12. The molecule has 1 unspecified atom stereocenters. The van der Waals surface area contributed by atoms with Crippen molar-refractivity contribution in [3.8, 4) is 0 Å². The van der Waals surface area contributed by atoms with Gasteiger partial charge in [-0.05, 0) is 20.8 Å². The second kappa shape index (κ2) is 6.22. The van der Waals surface area contributed by atoms with E-state index < -0.39 is 0 Å². The molecule has 0 radical (unpaired) electrons. The fourth-order valence-electron chi connectivity index (χ4n) is 1.31. The first-order chi connectivity index (χ1) is 7.58. The number of amides is 1. The molecule has 0 aliphatic heterocycles. The van der Waals surface area contributed by atoms with E-state index in [1.165, 1.54) is 6.33 Å². The Bertz CT molecular complexity index is 309. The summed E-state index contributed by atoms with van der Waals surface area (Å²) in [7, 11) is 0. The average molecular weight is 225 g/mol. The quantitative estimate of drug-likeness (QED) is 0.702. The van der Waals surface area contributed by atoms with Crippen LogP contribution in [0, 0.1) is 0 Å². The number of carbonyl (C=O) groups excluding carboxylic acids is 1. The molecule has 16 heavy (non-hydrogen) atoms. The van der Waals surface area contributed by atoms with E-state index in [4.69, 9.17) is 0 Å². The van der Waals surface area contributed by atoms with Crippen LogP contribution in [0.1, 0.15) is 20.8 Å². The first kappa shape index (κ1) is 12.6. The third-order valence-electron chi connectivity index (χ3n) is 1.99. The van der Waals surface area contributed by atoms with Gasteiger partial charge in [0.15, 0.2) is 0 Å². The van der Waals surface area contributed by atoms with E-state index in [1.54, 1.807) is 11.0 Å². The van der Waals surface area contributed by atoms with Gasteiger partial charge >= 0.3 is 0 Å². The Morgan fingerprint density at radius 2 is 2.19 bits per heavy atom. The molecule has 0 saturated heterocycles. The minimum absolute atomic E-state index is 0.0143. The molecule has 1 amide bonds. The third kappa shape index (κ3) is 4.88. The van der Waals surface area contributed by atoms with Gasteiger partial charge in [0.2, 0.25) is 5.91 Å². The molecule has 0 spiro atoms. The SMILES string of the molecule is CC(C)NC(=O)CNC(C)Cn1cncn1. The van der Waals surface area contributed by atoms with Crippen molar-refractivity contribution < 1.29 is 4.79 Å². The van der Waals surface area contributed by atoms with E-state index in [1.807, 2.05) is 20.8 Å². The van der Waals surface area contributed by atoms with E-state index in [0.29, 0.717) is 13.1 Å². The normalized spacial score (nSPS) is 12.8. The number of nitrogens with zero attached hydrogens (tertiary/aromatic N) is 3. The smallest absolute Gasteiger partial charge is 0.234 e. The summed E-state index contributed by atoms with van der Waals surface area (Å²) in [6.45, 7) is 6.92. The number of rotatable bonds is 6. The van der Waals surface area contributed by atoms with Crippen molar-refractivity contribution in [1.29, 1.82) is 0 Å². The van der Waals surface area contributed by atoms with Crippen LogP contribution in [-0.4, -0.2) is 39.3 Å². The fourth-order valence-corrected chi connectivity index (χ4v) is 1.31. The van der Waals surface area contributed by atoms with Gasteiger partial charge in [0, 0.05) is 12.1 Å². The van der Waals surface area contributed by atoms with Crippen LogP contribution in [-0.2, 0) is 11.3 Å². The summed E-state index contributed by atoms with van der Waals surface area (Å²) in [4.78, 5) is 15.2. The summed E-state index contributed by atoms with van der Waals surface area (Å²) >= 11 is 0. The van der Waals surface area contributed by atoms with Gasteiger partial charge in [-0.2, -0.15) is 5.10 Å². The molecule has 0 bridgehead atoms. The van der Waals surface area contributed by atoms with Crippen molar-refractivity contribution in [2.75, 3.05) is 6.54 Å². The van der Waals surface area contributed by atoms with Crippen LogP contribution in [0.3, 0.4) is 0 Å². The summed E-state index contributed by atoms with van der Waals surface area (Å²) in [6, 6.07) is 0.361. The summed E-state index contributed by atoms with van der Waals surface area (Å²) in [5.41, 5.74) is 0. The van der Waals surface area contributed by atoms with Crippen LogP contribution in [0.15, 0.2) is 12.7 Å². The Morgan fingerprint density at radius 1 is 1.44 bits per heavy atom. The minimum atomic E-state index is 0.0143. The Hall–Kier alpha value is -1.43. The van der Waals surface area contributed by atoms with Crippen molar-refractivity contribution >= 4 is 5.91 Å². The van der Waals surface area contributed by atoms with Gasteiger partial charge in [0.1, 0.15) is 12.7 Å². The Balaban J connectivity index is 2.20. The molecule has 2 N–H and O–H groups in total. The van der Waals surface area contributed by atoms with Crippen LogP contribution < -0.4 is 10.6 Å². The standard InChI is InChI=1S/C10H19N5O/c1-8(2)14-10(16)4-12-9(3)5-15-7-11-6-13-15/h6-9,12H,4-5H2,1-3H3,(H,14,16). The molecule has 0 aliphatic rings. The lowest BCUT2D eigenvalue weighted by Gasteiger charge is -2.14. The number of hydrogen-bond acceptors (Lipinski definition) is 4. The van der Waals surface area contributed by atoms with Gasteiger partial charge in [-0.1, -0.05) is 0 Å². The Kier molecular flexibility index (Phi) is 4.91. The van der Waals surface area contributed by atoms with E-state index in [2.05, 4.69) is 20.7 Å². The van der Waals surface area contributed by atoms with Crippen molar-refractivity contribution in [2.24, 2.45) is 0 Å². The maximum absolute atomic E-state index is 11.4. The monoisotopic (exact) mass is 225 g/mol. The van der Waals surface area contributed by atoms with E-state index in [9.17, 15) is 4.79 Å². The maximum Gasteiger partial charge on any atom is 0.234 e. The van der Waals surface area contributed by atoms with Crippen molar-refractivity contribution in [3.05, 3.63) is 12.7 Å². The number of hydrogen-bond donors (Lipinski definition) is 2. The second-order valence-electron chi connectivity index (χ2n) is 4.12. The van der Waals surface area contributed by atoms with Crippen LogP contribution in [0.25, 0.3) is 0 Å². The van der Waals surface area contributed by atoms with E-state index >= 15 is 0 Å². The zero-order chi connectivity index (χ0) is 12.0. The van der Waals surface area contributed by atoms with Crippen LogP contribution in [0.4, 0.5) is 0 Å². The molecule has 0 saturated carbocycles. The zero-order valence-electron chi connectivity index (χ0n) is 9.97. The summed E-state index contributed by atoms with van der Waals surface area (Å²) in [6.07, 6.45) is 3.16. The number of nitrogens with one attached hydrogen (secondary N) is 2. The summed E-state index contributed by atoms with van der Waals surface area (Å²) in [5.74, 6) is 0.0143. The predicted octanol–water partition coefficient (Wildman–Crippen LogP) is -0.219. The lowest BCUT2D eigenvalue weighted by Crippen LogP contribution is -2.41. The zero-order valence-corrected chi connectivity index (χ0v) is 9.97. The number of aromatic nitrogens is 3. The lowest BCUT2D eigenvalue weighted by atomic mass is 10.3. The highest BCUT2D eigenvalue weighted by Crippen LogP contribution is 1.88. The first-order valence-electron chi connectivity index (χ1n) is 5.43. The molecule has 6 nitrogen and oxygen atoms in total. The minimum Gasteiger partial charge on any atom is -0.353 e. The van der Waals surface area contributed by atoms with Gasteiger partial charge in [-0.3, -0.25) is 9.48 Å². The van der Waals surface area contributed by atoms with Crippen LogP contribution in [0.2, 0.25) is 0 Å². The molecular formula is C10H19N5O. The third-order valence-corrected chi connectivity index (χ3v) is 1.99. The van der Waals surface area contributed by atoms with Gasteiger partial charge in [0.25, 0.3) is 0 Å². The molecule has 1 heterocycles. The van der Waals surface area contributed by atoms with Gasteiger partial charge in [0.05, 0.1) is 13.1 Å². The Morgan fingerprint density at radius 3 is 2.75 bits per heavy atom. The molecular weight excluding hydrogens is 206 g/mol. The number of carbonyl (C=O) groups is 1. The first-order valence-corrected chi connectivity index (χ1v) is 5.43. The predicted molar refractivity (Wildman–Crippen MR) is 60.8 cm³/mol. The molecule has 1 aromatic heterocycles. The largest absolute Gasteiger partial charge is 0.353 e. The van der Waals surface area contributed by atoms with Crippen LogP contribution in [0.5, 0.6) is 0 Å². The molecule has 0 fully saturated rings. The van der Waals surface area contributed by atoms with Gasteiger partial charge < -0.3 is 10.6 Å². The molecule has 1 rings (SSSR count). The average Bonchev–Trinajstić information content (AvgIpc) is 2.66. The molecule has 90 valence electrons. The van der Waals surface area contributed by atoms with Crippen molar-refractivity contribution in [3.63, 3.8) is 0 Å². The Labute approximate surface area is 95.4 Å². The lowest BCUT2D eigenvalue weighted by molar-refractivity contribution is -0.120. The van der Waals surface area contributed by atoms with Gasteiger partial charge in [-0.15, -0.1) is 0 Å². The van der Waals surface area contributed by atoms with Crippen molar-refractivity contribution in [2.45, 2.75) is 39.4 Å². The molecule has 0 aromatic carbocycles. The summed E-state index contributed by atoms with van der Waals surface area (Å²) in [5, 5.41) is 9.94. The topological polar surface area (TPSA) is 71.8 Å². The van der Waals surface area contributed by atoms with E-state index in [-0.39, 0.29) is 18.0 Å². The molecule has 6 heteroatoms. The van der Waals surface area contributed by atoms with Crippen molar-refractivity contribution in [1.82, 2.24) is 25.4 Å². The fraction of sp³-hybridized carbons (Fsp3) is 0.700.